The number of thiophene rings is 1. The van der Waals surface area contributed by atoms with E-state index in [2.05, 4.69) is 29.8 Å². The average Bonchev–Trinajstić information content (AvgIpc) is 2.93. The smallest absolute Gasteiger partial charge is 0.144 e. The Hall–Kier alpha value is -1.68. The van der Waals surface area contributed by atoms with Crippen molar-refractivity contribution >= 4 is 22.7 Å². The van der Waals surface area contributed by atoms with Gasteiger partial charge >= 0.3 is 0 Å². The molecule has 0 amide bonds. The van der Waals surface area contributed by atoms with Crippen LogP contribution in [-0.4, -0.2) is 6.61 Å². The van der Waals surface area contributed by atoms with E-state index in [0.717, 1.165) is 17.9 Å². The first-order chi connectivity index (χ1) is 9.24. The molecule has 1 unspecified atom stereocenters. The van der Waals surface area contributed by atoms with Crippen molar-refractivity contribution in [1.29, 1.82) is 0 Å². The first-order valence-corrected chi connectivity index (χ1v) is 7.44. The van der Waals surface area contributed by atoms with Crippen LogP contribution in [0, 0.1) is 0 Å². The molecule has 3 N–H and O–H groups in total. The number of ether oxygens (including phenoxy) is 1. The molecule has 0 fully saturated rings. The van der Waals surface area contributed by atoms with Gasteiger partial charge in [-0.1, -0.05) is 13.0 Å². The molecule has 1 heterocycles. The Labute approximate surface area is 118 Å². The van der Waals surface area contributed by atoms with E-state index in [1.54, 1.807) is 11.3 Å². The van der Waals surface area contributed by atoms with Gasteiger partial charge in [-0.25, -0.2) is 0 Å². The summed E-state index contributed by atoms with van der Waals surface area (Å²) in [6, 6.07) is 10.4. The van der Waals surface area contributed by atoms with Crippen molar-refractivity contribution in [3.05, 3.63) is 40.6 Å². The Balaban J connectivity index is 2.15. The molecule has 19 heavy (non-hydrogen) atoms. The minimum atomic E-state index is 0.332. The van der Waals surface area contributed by atoms with E-state index in [4.69, 9.17) is 10.5 Å². The van der Waals surface area contributed by atoms with Gasteiger partial charge in [0, 0.05) is 16.6 Å². The topological polar surface area (TPSA) is 47.3 Å². The largest absolute Gasteiger partial charge is 0.492 e. The van der Waals surface area contributed by atoms with Crippen molar-refractivity contribution in [2.75, 3.05) is 17.7 Å². The molecule has 0 bridgehead atoms. The van der Waals surface area contributed by atoms with Crippen molar-refractivity contribution in [2.45, 2.75) is 26.3 Å². The molecule has 102 valence electrons. The Morgan fingerprint density at radius 2 is 2.16 bits per heavy atom. The van der Waals surface area contributed by atoms with Gasteiger partial charge in [-0.05, 0) is 36.9 Å². The van der Waals surface area contributed by atoms with Crippen LogP contribution >= 0.6 is 11.3 Å². The highest BCUT2D eigenvalue weighted by atomic mass is 32.1. The second kappa shape index (κ2) is 6.48. The number of anilines is 2. The molecule has 1 atom stereocenters. The van der Waals surface area contributed by atoms with E-state index in [1.807, 2.05) is 25.1 Å². The summed E-state index contributed by atoms with van der Waals surface area (Å²) >= 11 is 1.77. The third-order valence-electron chi connectivity index (χ3n) is 2.95. The van der Waals surface area contributed by atoms with Gasteiger partial charge in [0.05, 0.1) is 18.3 Å². The lowest BCUT2D eigenvalue weighted by atomic mass is 10.1. The standard InChI is InChI=1S/C15H20N2OS/c1-3-13(15-6-5-9-19-15)17-11-7-8-12(16)14(10-11)18-4-2/h5-10,13,17H,3-4,16H2,1-2H3. The summed E-state index contributed by atoms with van der Waals surface area (Å²) in [5, 5.41) is 5.64. The van der Waals surface area contributed by atoms with Crippen LogP contribution in [0.5, 0.6) is 5.75 Å². The van der Waals surface area contributed by atoms with Crippen LogP contribution in [0.4, 0.5) is 11.4 Å². The molecular weight excluding hydrogens is 256 g/mol. The predicted octanol–water partition coefficient (Wildman–Crippen LogP) is 4.29. The van der Waals surface area contributed by atoms with Crippen molar-refractivity contribution in [1.82, 2.24) is 0 Å². The van der Waals surface area contributed by atoms with Crippen LogP contribution in [-0.2, 0) is 0 Å². The molecule has 0 saturated heterocycles. The predicted molar refractivity (Wildman–Crippen MR) is 83.0 cm³/mol. The van der Waals surface area contributed by atoms with Crippen molar-refractivity contribution in [3.63, 3.8) is 0 Å². The normalized spacial score (nSPS) is 12.1. The quantitative estimate of drug-likeness (QED) is 0.774. The lowest BCUT2D eigenvalue weighted by Gasteiger charge is -2.18. The number of rotatable bonds is 6. The lowest BCUT2D eigenvalue weighted by Crippen LogP contribution is -2.08. The number of hydrogen-bond donors (Lipinski definition) is 2. The monoisotopic (exact) mass is 276 g/mol. The second-order valence-electron chi connectivity index (χ2n) is 4.31. The molecule has 4 heteroatoms. The molecule has 0 spiro atoms. The van der Waals surface area contributed by atoms with Gasteiger partial charge in [0.25, 0.3) is 0 Å². The summed E-state index contributed by atoms with van der Waals surface area (Å²) in [6.07, 6.45) is 1.04. The fourth-order valence-electron chi connectivity index (χ4n) is 1.97. The molecule has 1 aromatic carbocycles. The second-order valence-corrected chi connectivity index (χ2v) is 5.29. The van der Waals surface area contributed by atoms with Crippen LogP contribution in [0.25, 0.3) is 0 Å². The number of nitrogens with one attached hydrogen (secondary N) is 1. The van der Waals surface area contributed by atoms with E-state index in [9.17, 15) is 0 Å². The van der Waals surface area contributed by atoms with Gasteiger partial charge in [0.1, 0.15) is 5.75 Å². The van der Waals surface area contributed by atoms with E-state index < -0.39 is 0 Å². The Morgan fingerprint density at radius 1 is 1.32 bits per heavy atom. The molecule has 1 aromatic heterocycles. The van der Waals surface area contributed by atoms with Gasteiger partial charge in [-0.2, -0.15) is 0 Å². The SMILES string of the molecule is CCOc1cc(NC(CC)c2cccs2)ccc1N. The summed E-state index contributed by atoms with van der Waals surface area (Å²) in [5.41, 5.74) is 7.60. The number of benzene rings is 1. The van der Waals surface area contributed by atoms with Crippen LogP contribution in [0.1, 0.15) is 31.2 Å². The molecule has 2 aromatic rings. The third-order valence-corrected chi connectivity index (χ3v) is 3.94. The Bertz CT molecular complexity index is 511. The number of hydrogen-bond acceptors (Lipinski definition) is 4. The highest BCUT2D eigenvalue weighted by molar-refractivity contribution is 7.10. The van der Waals surface area contributed by atoms with Gasteiger partial charge in [-0.3, -0.25) is 0 Å². The van der Waals surface area contributed by atoms with Crippen LogP contribution in [0.15, 0.2) is 35.7 Å². The summed E-state index contributed by atoms with van der Waals surface area (Å²) in [5.74, 6) is 0.744. The van der Waals surface area contributed by atoms with Crippen LogP contribution < -0.4 is 15.8 Å². The molecule has 0 aliphatic carbocycles. The van der Waals surface area contributed by atoms with E-state index in [1.165, 1.54) is 4.88 Å². The molecule has 2 rings (SSSR count). The molecular formula is C15H20N2OS. The molecule has 0 radical (unpaired) electrons. The van der Waals surface area contributed by atoms with Crippen molar-refractivity contribution in [2.24, 2.45) is 0 Å². The highest BCUT2D eigenvalue weighted by Gasteiger charge is 2.11. The minimum absolute atomic E-state index is 0.332. The molecule has 0 aliphatic heterocycles. The highest BCUT2D eigenvalue weighted by Crippen LogP contribution is 2.30. The number of nitrogen functional groups attached to an aromatic ring is 1. The van der Waals surface area contributed by atoms with Gasteiger partial charge in [-0.15, -0.1) is 11.3 Å². The molecule has 0 saturated carbocycles. The van der Waals surface area contributed by atoms with Crippen molar-refractivity contribution < 1.29 is 4.74 Å². The zero-order chi connectivity index (χ0) is 13.7. The maximum atomic E-state index is 5.88. The maximum absolute atomic E-state index is 5.88. The number of nitrogens with two attached hydrogens (primary N) is 1. The van der Waals surface area contributed by atoms with E-state index in [0.29, 0.717) is 18.3 Å². The molecule has 3 nitrogen and oxygen atoms in total. The van der Waals surface area contributed by atoms with Crippen LogP contribution in [0.3, 0.4) is 0 Å². The molecule has 0 aliphatic rings. The summed E-state index contributed by atoms with van der Waals surface area (Å²) < 4.78 is 5.52. The fraction of sp³-hybridized carbons (Fsp3) is 0.333. The summed E-state index contributed by atoms with van der Waals surface area (Å²) in [7, 11) is 0. The third kappa shape index (κ3) is 3.41. The Kier molecular flexibility index (Phi) is 4.68. The maximum Gasteiger partial charge on any atom is 0.144 e. The zero-order valence-electron chi connectivity index (χ0n) is 11.3. The summed E-state index contributed by atoms with van der Waals surface area (Å²) in [4.78, 5) is 1.34. The minimum Gasteiger partial charge on any atom is -0.492 e. The average molecular weight is 276 g/mol. The van der Waals surface area contributed by atoms with Gasteiger partial charge in [0.15, 0.2) is 0 Å². The first-order valence-electron chi connectivity index (χ1n) is 6.56. The van der Waals surface area contributed by atoms with Gasteiger partial charge < -0.3 is 15.8 Å². The first kappa shape index (κ1) is 13.7. The zero-order valence-corrected chi connectivity index (χ0v) is 12.2. The fourth-order valence-corrected chi connectivity index (χ4v) is 2.83. The van der Waals surface area contributed by atoms with Crippen molar-refractivity contribution in [3.8, 4) is 5.75 Å². The van der Waals surface area contributed by atoms with Crippen LogP contribution in [0.2, 0.25) is 0 Å². The van der Waals surface area contributed by atoms with E-state index >= 15 is 0 Å². The lowest BCUT2D eigenvalue weighted by molar-refractivity contribution is 0.342. The Morgan fingerprint density at radius 3 is 2.79 bits per heavy atom. The van der Waals surface area contributed by atoms with E-state index in [-0.39, 0.29) is 0 Å². The summed E-state index contributed by atoms with van der Waals surface area (Å²) in [6.45, 7) is 4.76. The van der Waals surface area contributed by atoms with Gasteiger partial charge in [0.2, 0.25) is 0 Å².